The van der Waals surface area contributed by atoms with Gasteiger partial charge in [0.05, 0.1) is 0 Å². The Bertz CT molecular complexity index is 1030. The monoisotopic (exact) mass is 404 g/mol. The van der Waals surface area contributed by atoms with Crippen LogP contribution in [0.15, 0.2) is 41.2 Å². The molecule has 8 heteroatoms. The maximum atomic E-state index is 14.3. The SMILES string of the molecule is O=C1CC[C@H](/C=C(\c2ccc(OC(F)F)c(F)c2)c2ccc(C3CC3)c(=O)[nH]2)N1. The van der Waals surface area contributed by atoms with Crippen LogP contribution in [0.2, 0.25) is 0 Å². The van der Waals surface area contributed by atoms with E-state index in [1.807, 2.05) is 0 Å². The summed E-state index contributed by atoms with van der Waals surface area (Å²) in [5.74, 6) is -1.32. The molecule has 2 aliphatic rings. The van der Waals surface area contributed by atoms with E-state index >= 15 is 0 Å². The number of carbonyl (C=O) groups excluding carboxylic acids is 1. The van der Waals surface area contributed by atoms with Crippen molar-refractivity contribution in [2.75, 3.05) is 0 Å². The second-order valence-electron chi connectivity index (χ2n) is 7.25. The van der Waals surface area contributed by atoms with E-state index in [2.05, 4.69) is 15.0 Å². The molecule has 2 aromatic rings. The Morgan fingerprint density at radius 3 is 2.52 bits per heavy atom. The van der Waals surface area contributed by atoms with Crippen molar-refractivity contribution in [1.29, 1.82) is 0 Å². The zero-order valence-electron chi connectivity index (χ0n) is 15.4. The Kier molecular flexibility index (Phi) is 5.17. The quantitative estimate of drug-likeness (QED) is 0.771. The summed E-state index contributed by atoms with van der Waals surface area (Å²) < 4.78 is 43.3. The van der Waals surface area contributed by atoms with Gasteiger partial charge in [0.2, 0.25) is 5.91 Å². The molecule has 4 rings (SSSR count). The van der Waals surface area contributed by atoms with Gasteiger partial charge in [-0.1, -0.05) is 18.2 Å². The van der Waals surface area contributed by atoms with Gasteiger partial charge in [0.25, 0.3) is 5.56 Å². The molecule has 0 spiro atoms. The van der Waals surface area contributed by atoms with Crippen molar-refractivity contribution >= 4 is 11.5 Å². The van der Waals surface area contributed by atoms with E-state index in [0.717, 1.165) is 25.0 Å². The van der Waals surface area contributed by atoms with Crippen LogP contribution in [0.3, 0.4) is 0 Å². The second kappa shape index (κ2) is 7.77. The predicted octanol–water partition coefficient (Wildman–Crippen LogP) is 3.70. The van der Waals surface area contributed by atoms with E-state index in [1.165, 1.54) is 6.07 Å². The molecular formula is C21H19F3N2O3. The lowest BCUT2D eigenvalue weighted by Gasteiger charge is -2.14. The zero-order chi connectivity index (χ0) is 20.5. The van der Waals surface area contributed by atoms with Gasteiger partial charge in [-0.3, -0.25) is 9.59 Å². The lowest BCUT2D eigenvalue weighted by molar-refractivity contribution is -0.119. The number of aromatic nitrogens is 1. The first kappa shape index (κ1) is 19.3. The molecule has 1 saturated carbocycles. The maximum Gasteiger partial charge on any atom is 0.387 e. The molecule has 2 N–H and O–H groups in total. The van der Waals surface area contributed by atoms with Crippen LogP contribution in [0.25, 0.3) is 5.57 Å². The zero-order valence-corrected chi connectivity index (χ0v) is 15.4. The van der Waals surface area contributed by atoms with E-state index in [-0.39, 0.29) is 23.4 Å². The minimum atomic E-state index is -3.13. The Morgan fingerprint density at radius 1 is 1.14 bits per heavy atom. The van der Waals surface area contributed by atoms with E-state index in [1.54, 1.807) is 18.2 Å². The summed E-state index contributed by atoms with van der Waals surface area (Å²) in [5, 5.41) is 2.81. The fourth-order valence-electron chi connectivity index (χ4n) is 3.52. The van der Waals surface area contributed by atoms with Crippen LogP contribution < -0.4 is 15.6 Å². The molecule has 5 nitrogen and oxygen atoms in total. The van der Waals surface area contributed by atoms with Crippen LogP contribution in [0.4, 0.5) is 13.2 Å². The summed E-state index contributed by atoms with van der Waals surface area (Å²) in [6.07, 6.45) is 4.66. The minimum absolute atomic E-state index is 0.0879. The molecule has 2 heterocycles. The molecule has 1 aliphatic carbocycles. The number of benzene rings is 1. The third kappa shape index (κ3) is 4.36. The van der Waals surface area contributed by atoms with Crippen LogP contribution in [0.1, 0.15) is 48.4 Å². The first-order valence-electron chi connectivity index (χ1n) is 9.40. The summed E-state index contributed by atoms with van der Waals surface area (Å²) >= 11 is 0. The summed E-state index contributed by atoms with van der Waals surface area (Å²) in [5.41, 5.74) is 1.85. The number of pyridine rings is 1. The Labute approximate surface area is 164 Å². The Balaban J connectivity index is 1.74. The highest BCUT2D eigenvalue weighted by Gasteiger charge is 2.27. The highest BCUT2D eigenvalue weighted by molar-refractivity contribution is 5.82. The highest BCUT2D eigenvalue weighted by atomic mass is 19.3. The van der Waals surface area contributed by atoms with Gasteiger partial charge in [0, 0.05) is 29.3 Å². The summed E-state index contributed by atoms with van der Waals surface area (Å²) in [7, 11) is 0. The number of H-pyrrole nitrogens is 1. The van der Waals surface area contributed by atoms with E-state index in [9.17, 15) is 22.8 Å². The minimum Gasteiger partial charge on any atom is -0.432 e. The molecule has 1 saturated heterocycles. The lowest BCUT2D eigenvalue weighted by atomic mass is 9.98. The molecule has 1 atom stereocenters. The van der Waals surface area contributed by atoms with Crippen molar-refractivity contribution in [3.63, 3.8) is 0 Å². The topological polar surface area (TPSA) is 71.2 Å². The number of ether oxygens (including phenoxy) is 1. The maximum absolute atomic E-state index is 14.3. The molecule has 1 amide bonds. The van der Waals surface area contributed by atoms with Gasteiger partial charge in [-0.05, 0) is 48.9 Å². The molecule has 0 radical (unpaired) electrons. The van der Waals surface area contributed by atoms with Crippen molar-refractivity contribution in [2.24, 2.45) is 0 Å². The molecular weight excluding hydrogens is 385 g/mol. The third-order valence-electron chi connectivity index (χ3n) is 5.10. The number of amides is 1. The van der Waals surface area contributed by atoms with Crippen molar-refractivity contribution in [1.82, 2.24) is 10.3 Å². The number of rotatable bonds is 6. The fraction of sp³-hybridized carbons (Fsp3) is 0.333. The number of aromatic amines is 1. The molecule has 0 bridgehead atoms. The molecule has 152 valence electrons. The average Bonchev–Trinajstić information content (AvgIpc) is 3.42. The largest absolute Gasteiger partial charge is 0.432 e. The van der Waals surface area contributed by atoms with Crippen molar-refractivity contribution in [2.45, 2.75) is 44.3 Å². The first-order valence-corrected chi connectivity index (χ1v) is 9.40. The Morgan fingerprint density at radius 2 is 1.93 bits per heavy atom. The van der Waals surface area contributed by atoms with Gasteiger partial charge < -0.3 is 15.0 Å². The molecule has 1 aliphatic heterocycles. The van der Waals surface area contributed by atoms with E-state index in [0.29, 0.717) is 35.2 Å². The molecule has 29 heavy (non-hydrogen) atoms. The standard InChI is InChI=1S/C21H19F3N2O3/c22-16-9-12(3-7-18(16)29-21(23)24)15(10-13-4-8-19(27)25-13)17-6-5-14(11-1-2-11)20(28)26-17/h3,5-7,9-11,13,21H,1-2,4,8H2,(H,25,27)(H,26,28)/b15-10+/t13-/m1/s1. The normalized spacial score (nSPS) is 19.5. The number of nitrogens with one attached hydrogen (secondary N) is 2. The highest BCUT2D eigenvalue weighted by Crippen LogP contribution is 2.38. The van der Waals surface area contributed by atoms with E-state index in [4.69, 9.17) is 0 Å². The molecule has 1 aromatic carbocycles. The van der Waals surface area contributed by atoms with Crippen LogP contribution in [-0.2, 0) is 4.79 Å². The van der Waals surface area contributed by atoms with Crippen molar-refractivity contribution < 1.29 is 22.7 Å². The van der Waals surface area contributed by atoms with Gasteiger partial charge in [-0.15, -0.1) is 0 Å². The summed E-state index contributed by atoms with van der Waals surface area (Å²) in [4.78, 5) is 26.8. The van der Waals surface area contributed by atoms with E-state index < -0.39 is 18.2 Å². The first-order chi connectivity index (χ1) is 13.9. The molecule has 1 aromatic heterocycles. The van der Waals surface area contributed by atoms with Crippen molar-refractivity contribution in [3.8, 4) is 5.75 Å². The van der Waals surface area contributed by atoms with Crippen molar-refractivity contribution in [3.05, 3.63) is 69.4 Å². The van der Waals surface area contributed by atoms with Crippen LogP contribution in [0, 0.1) is 5.82 Å². The smallest absolute Gasteiger partial charge is 0.387 e. The molecule has 0 unspecified atom stereocenters. The fourth-order valence-corrected chi connectivity index (χ4v) is 3.52. The van der Waals surface area contributed by atoms with Crippen LogP contribution >= 0.6 is 0 Å². The van der Waals surface area contributed by atoms with Gasteiger partial charge >= 0.3 is 6.61 Å². The van der Waals surface area contributed by atoms with Crippen LogP contribution in [0.5, 0.6) is 5.75 Å². The van der Waals surface area contributed by atoms with Gasteiger partial charge in [0.1, 0.15) is 0 Å². The van der Waals surface area contributed by atoms with Crippen LogP contribution in [-0.4, -0.2) is 23.5 Å². The average molecular weight is 404 g/mol. The number of hydrogen-bond acceptors (Lipinski definition) is 3. The summed E-state index contributed by atoms with van der Waals surface area (Å²) in [6.45, 7) is -3.13. The predicted molar refractivity (Wildman–Crippen MR) is 100 cm³/mol. The number of hydrogen-bond donors (Lipinski definition) is 2. The second-order valence-corrected chi connectivity index (χ2v) is 7.25. The van der Waals surface area contributed by atoms with Gasteiger partial charge in [0.15, 0.2) is 11.6 Å². The molecule has 2 fully saturated rings. The number of carbonyl (C=O) groups is 1. The summed E-state index contributed by atoms with van der Waals surface area (Å²) in [6, 6.07) is 6.87. The lowest BCUT2D eigenvalue weighted by Crippen LogP contribution is -2.23. The number of halogens is 3. The third-order valence-corrected chi connectivity index (χ3v) is 5.10. The number of alkyl halides is 2. The van der Waals surface area contributed by atoms with Gasteiger partial charge in [-0.2, -0.15) is 8.78 Å². The Hall–Kier alpha value is -3.03. The van der Waals surface area contributed by atoms with Gasteiger partial charge in [-0.25, -0.2) is 4.39 Å².